The molecule has 0 bridgehead atoms. The van der Waals surface area contributed by atoms with Crippen LogP contribution >= 0.6 is 0 Å². The summed E-state index contributed by atoms with van der Waals surface area (Å²) in [5.41, 5.74) is 0. The first-order chi connectivity index (χ1) is 8.70. The molecule has 0 amide bonds. The molecule has 3 nitrogen and oxygen atoms in total. The Bertz CT molecular complexity index is 336. The summed E-state index contributed by atoms with van der Waals surface area (Å²) in [4.78, 5) is 2.62. The van der Waals surface area contributed by atoms with Crippen LogP contribution in [-0.2, 0) is 6.42 Å². The van der Waals surface area contributed by atoms with E-state index >= 15 is 0 Å². The summed E-state index contributed by atoms with van der Waals surface area (Å²) in [7, 11) is 0. The van der Waals surface area contributed by atoms with Crippen molar-refractivity contribution in [1.29, 1.82) is 0 Å². The zero-order chi connectivity index (χ0) is 13.0. The van der Waals surface area contributed by atoms with Crippen molar-refractivity contribution in [3.8, 4) is 0 Å². The third kappa shape index (κ3) is 3.36. The Morgan fingerprint density at radius 1 is 1.56 bits per heavy atom. The van der Waals surface area contributed by atoms with E-state index in [0.29, 0.717) is 18.1 Å². The Labute approximate surface area is 111 Å². The van der Waals surface area contributed by atoms with E-state index in [2.05, 4.69) is 37.1 Å². The Morgan fingerprint density at radius 3 is 3.00 bits per heavy atom. The van der Waals surface area contributed by atoms with E-state index in [1.807, 2.05) is 6.07 Å². The van der Waals surface area contributed by atoms with Gasteiger partial charge in [0.15, 0.2) is 0 Å². The van der Waals surface area contributed by atoms with Crippen LogP contribution in [0.15, 0.2) is 22.8 Å². The summed E-state index contributed by atoms with van der Waals surface area (Å²) in [6.07, 6.45) is 5.31. The summed E-state index contributed by atoms with van der Waals surface area (Å²) in [5.74, 6) is 1.10. The maximum absolute atomic E-state index is 5.45. The summed E-state index contributed by atoms with van der Waals surface area (Å²) < 4.78 is 5.45. The second-order valence-corrected chi connectivity index (χ2v) is 5.50. The highest BCUT2D eigenvalue weighted by molar-refractivity contribution is 5.01. The lowest BCUT2D eigenvalue weighted by Gasteiger charge is -2.41. The summed E-state index contributed by atoms with van der Waals surface area (Å²) >= 11 is 0. The van der Waals surface area contributed by atoms with Gasteiger partial charge in [-0.1, -0.05) is 6.92 Å². The molecule has 1 saturated heterocycles. The van der Waals surface area contributed by atoms with E-state index < -0.39 is 0 Å². The minimum Gasteiger partial charge on any atom is -0.469 e. The van der Waals surface area contributed by atoms with Crippen LogP contribution in [0.25, 0.3) is 0 Å². The van der Waals surface area contributed by atoms with Gasteiger partial charge in [0, 0.05) is 31.1 Å². The zero-order valence-corrected chi connectivity index (χ0v) is 11.9. The molecule has 0 spiro atoms. The second kappa shape index (κ2) is 6.39. The van der Waals surface area contributed by atoms with Crippen molar-refractivity contribution in [2.75, 3.05) is 13.1 Å². The maximum Gasteiger partial charge on any atom is 0.105 e. The van der Waals surface area contributed by atoms with Crippen molar-refractivity contribution in [3.63, 3.8) is 0 Å². The number of nitrogens with zero attached hydrogens (tertiary/aromatic N) is 1. The molecule has 3 unspecified atom stereocenters. The molecule has 2 rings (SSSR count). The smallest absolute Gasteiger partial charge is 0.105 e. The van der Waals surface area contributed by atoms with Gasteiger partial charge >= 0.3 is 0 Å². The van der Waals surface area contributed by atoms with E-state index in [1.165, 1.54) is 19.4 Å². The minimum atomic E-state index is 0.564. The van der Waals surface area contributed by atoms with Gasteiger partial charge in [-0.05, 0) is 45.4 Å². The number of likely N-dealkylation sites (tertiary alicyclic amines) is 1. The largest absolute Gasteiger partial charge is 0.469 e. The quantitative estimate of drug-likeness (QED) is 0.871. The van der Waals surface area contributed by atoms with Crippen LogP contribution in [-0.4, -0.2) is 36.1 Å². The normalized spacial score (nSPS) is 27.3. The van der Waals surface area contributed by atoms with Crippen LogP contribution in [0, 0.1) is 0 Å². The van der Waals surface area contributed by atoms with Crippen LogP contribution in [0.1, 0.15) is 39.4 Å². The number of rotatable bonds is 5. The first-order valence-corrected chi connectivity index (χ1v) is 7.22. The van der Waals surface area contributed by atoms with Crippen molar-refractivity contribution in [3.05, 3.63) is 24.2 Å². The fourth-order valence-electron chi connectivity index (χ4n) is 3.16. The van der Waals surface area contributed by atoms with Gasteiger partial charge in [-0.25, -0.2) is 0 Å². The molecule has 1 fully saturated rings. The SMILES string of the molecule is CCNC1CCN(C(C)Cc2ccco2)C(C)C1. The standard InChI is InChI=1S/C15H26N2O/c1-4-16-14-7-8-17(12(2)10-14)13(3)11-15-6-5-9-18-15/h5-6,9,12-14,16H,4,7-8,10-11H2,1-3H3. The number of furan rings is 1. The number of hydrogen-bond acceptors (Lipinski definition) is 3. The van der Waals surface area contributed by atoms with Gasteiger partial charge in [-0.15, -0.1) is 0 Å². The molecule has 18 heavy (non-hydrogen) atoms. The molecule has 1 N–H and O–H groups in total. The fraction of sp³-hybridized carbons (Fsp3) is 0.733. The molecule has 0 radical (unpaired) electrons. The average Bonchev–Trinajstić information content (AvgIpc) is 2.82. The molecular weight excluding hydrogens is 224 g/mol. The van der Waals surface area contributed by atoms with E-state index in [-0.39, 0.29) is 0 Å². The third-order valence-electron chi connectivity index (χ3n) is 4.06. The van der Waals surface area contributed by atoms with Gasteiger partial charge in [-0.3, -0.25) is 4.90 Å². The first kappa shape index (κ1) is 13.6. The van der Waals surface area contributed by atoms with Crippen molar-refractivity contribution in [2.45, 2.75) is 58.2 Å². The van der Waals surface area contributed by atoms with Crippen LogP contribution < -0.4 is 5.32 Å². The zero-order valence-electron chi connectivity index (χ0n) is 11.9. The Kier molecular flexibility index (Phi) is 4.84. The average molecular weight is 250 g/mol. The maximum atomic E-state index is 5.45. The molecule has 3 heteroatoms. The number of nitrogens with one attached hydrogen (secondary N) is 1. The van der Waals surface area contributed by atoms with Crippen LogP contribution in [0.4, 0.5) is 0 Å². The van der Waals surface area contributed by atoms with Crippen LogP contribution in [0.2, 0.25) is 0 Å². The predicted octanol–water partition coefficient (Wildman–Crippen LogP) is 2.67. The molecule has 0 aliphatic carbocycles. The predicted molar refractivity (Wildman–Crippen MR) is 74.7 cm³/mol. The highest BCUT2D eigenvalue weighted by atomic mass is 16.3. The Balaban J connectivity index is 1.85. The molecule has 1 aliphatic heterocycles. The molecule has 0 aromatic carbocycles. The highest BCUT2D eigenvalue weighted by Crippen LogP contribution is 2.21. The summed E-state index contributed by atoms with van der Waals surface area (Å²) in [6, 6.07) is 5.98. The fourth-order valence-corrected chi connectivity index (χ4v) is 3.16. The van der Waals surface area contributed by atoms with Gasteiger partial charge < -0.3 is 9.73 Å². The lowest BCUT2D eigenvalue weighted by molar-refractivity contribution is 0.0934. The van der Waals surface area contributed by atoms with E-state index in [1.54, 1.807) is 6.26 Å². The molecular formula is C15H26N2O. The molecule has 0 saturated carbocycles. The van der Waals surface area contributed by atoms with Gasteiger partial charge in [0.2, 0.25) is 0 Å². The topological polar surface area (TPSA) is 28.4 Å². The molecule has 102 valence electrons. The highest BCUT2D eigenvalue weighted by Gasteiger charge is 2.28. The minimum absolute atomic E-state index is 0.564. The van der Waals surface area contributed by atoms with Crippen molar-refractivity contribution in [2.24, 2.45) is 0 Å². The first-order valence-electron chi connectivity index (χ1n) is 7.22. The van der Waals surface area contributed by atoms with Gasteiger partial charge in [0.25, 0.3) is 0 Å². The number of hydrogen-bond donors (Lipinski definition) is 1. The molecule has 1 aromatic heterocycles. The van der Waals surface area contributed by atoms with Gasteiger partial charge in [-0.2, -0.15) is 0 Å². The third-order valence-corrected chi connectivity index (χ3v) is 4.06. The Morgan fingerprint density at radius 2 is 2.39 bits per heavy atom. The molecule has 2 heterocycles. The van der Waals surface area contributed by atoms with Crippen molar-refractivity contribution >= 4 is 0 Å². The number of piperidine rings is 1. The Hall–Kier alpha value is -0.800. The lowest BCUT2D eigenvalue weighted by atomic mass is 9.95. The molecule has 1 aromatic rings. The van der Waals surface area contributed by atoms with Gasteiger partial charge in [0.05, 0.1) is 6.26 Å². The van der Waals surface area contributed by atoms with Crippen molar-refractivity contribution in [1.82, 2.24) is 10.2 Å². The van der Waals surface area contributed by atoms with Crippen LogP contribution in [0.5, 0.6) is 0 Å². The van der Waals surface area contributed by atoms with Crippen LogP contribution in [0.3, 0.4) is 0 Å². The summed E-state index contributed by atoms with van der Waals surface area (Å²) in [5, 5.41) is 3.57. The van der Waals surface area contributed by atoms with Gasteiger partial charge in [0.1, 0.15) is 5.76 Å². The van der Waals surface area contributed by atoms with E-state index in [4.69, 9.17) is 4.42 Å². The summed E-state index contributed by atoms with van der Waals surface area (Å²) in [6.45, 7) is 9.13. The molecule has 1 aliphatic rings. The van der Waals surface area contributed by atoms with E-state index in [9.17, 15) is 0 Å². The van der Waals surface area contributed by atoms with E-state index in [0.717, 1.165) is 18.7 Å². The van der Waals surface area contributed by atoms with Crippen molar-refractivity contribution < 1.29 is 4.42 Å². The molecule has 3 atom stereocenters. The monoisotopic (exact) mass is 250 g/mol. The lowest BCUT2D eigenvalue weighted by Crippen LogP contribution is -2.51. The second-order valence-electron chi connectivity index (χ2n) is 5.50.